The molecule has 1 saturated carbocycles. The summed E-state index contributed by atoms with van der Waals surface area (Å²) in [5.41, 5.74) is 0.417. The topological polar surface area (TPSA) is 87.7 Å². The normalized spacial score (nSPS) is 15.8. The molecule has 0 spiro atoms. The summed E-state index contributed by atoms with van der Waals surface area (Å²) < 4.78 is 5.45. The first kappa shape index (κ1) is 29.7. The Labute approximate surface area is 220 Å². The van der Waals surface area contributed by atoms with Gasteiger partial charge in [0.25, 0.3) is 0 Å². The van der Waals surface area contributed by atoms with Crippen LogP contribution in [0.4, 0.5) is 4.79 Å². The summed E-state index contributed by atoms with van der Waals surface area (Å²) in [6.07, 6.45) is 6.09. The highest BCUT2D eigenvalue weighted by Crippen LogP contribution is 2.34. The van der Waals surface area contributed by atoms with Crippen LogP contribution in [0.1, 0.15) is 84.4 Å². The molecule has 2 unspecified atom stereocenters. The van der Waals surface area contributed by atoms with Crippen LogP contribution < -0.4 is 10.6 Å². The van der Waals surface area contributed by atoms with Crippen LogP contribution in [0.15, 0.2) is 30.8 Å². The Morgan fingerprint density at radius 2 is 1.86 bits per heavy atom. The van der Waals surface area contributed by atoms with E-state index in [-0.39, 0.29) is 17.9 Å². The third kappa shape index (κ3) is 8.87. The first-order valence-corrected chi connectivity index (χ1v) is 14.0. The number of rotatable bonds is 10. The lowest BCUT2D eigenvalue weighted by molar-refractivity contribution is -0.148. The highest BCUT2D eigenvalue weighted by molar-refractivity contribution is 7.98. The fourth-order valence-electron chi connectivity index (χ4n) is 4.04. The summed E-state index contributed by atoms with van der Waals surface area (Å²) in [4.78, 5) is 42.3. The van der Waals surface area contributed by atoms with E-state index in [4.69, 9.17) is 4.74 Å². The first-order valence-electron chi connectivity index (χ1n) is 12.6. The molecule has 0 heterocycles. The van der Waals surface area contributed by atoms with Gasteiger partial charge in [-0.25, -0.2) is 4.79 Å². The van der Waals surface area contributed by atoms with Crippen molar-refractivity contribution in [1.82, 2.24) is 15.5 Å². The third-order valence-corrected chi connectivity index (χ3v) is 6.45. The molecule has 1 aromatic carbocycles. The lowest BCUT2D eigenvalue weighted by atomic mass is 9.87. The fourth-order valence-corrected chi connectivity index (χ4v) is 4.51. The largest absolute Gasteiger partial charge is 0.444 e. The second kappa shape index (κ2) is 12.7. The van der Waals surface area contributed by atoms with E-state index in [1.165, 1.54) is 0 Å². The summed E-state index contributed by atoms with van der Waals surface area (Å²) >= 11 is 1.60. The SMILES string of the molecule is C=Cc1cccc(C(C(=O)NC(C)(C)C)N(C(=O)C(CCSC)NC(=O)OC(C)(C)C)C2CCC2)c1. The van der Waals surface area contributed by atoms with Gasteiger partial charge in [-0.2, -0.15) is 11.8 Å². The van der Waals surface area contributed by atoms with Crippen LogP contribution in [0, 0.1) is 0 Å². The Morgan fingerprint density at radius 1 is 1.19 bits per heavy atom. The van der Waals surface area contributed by atoms with E-state index in [2.05, 4.69) is 17.2 Å². The van der Waals surface area contributed by atoms with Crippen LogP contribution >= 0.6 is 11.8 Å². The van der Waals surface area contributed by atoms with Gasteiger partial charge in [-0.1, -0.05) is 30.9 Å². The van der Waals surface area contributed by atoms with E-state index >= 15 is 0 Å². The zero-order chi connectivity index (χ0) is 27.1. The first-order chi connectivity index (χ1) is 16.8. The Hall–Kier alpha value is -2.48. The molecular weight excluding hydrogens is 474 g/mol. The maximum atomic E-state index is 14.2. The van der Waals surface area contributed by atoms with Crippen molar-refractivity contribution < 1.29 is 19.1 Å². The summed E-state index contributed by atoms with van der Waals surface area (Å²) in [5, 5.41) is 5.87. The van der Waals surface area contributed by atoms with Crippen molar-refractivity contribution in [2.24, 2.45) is 0 Å². The fraction of sp³-hybridized carbons (Fsp3) is 0.607. The zero-order valence-electron chi connectivity index (χ0n) is 22.8. The Bertz CT molecular complexity index is 931. The van der Waals surface area contributed by atoms with Crippen LogP contribution in [-0.2, 0) is 14.3 Å². The van der Waals surface area contributed by atoms with Gasteiger partial charge in [-0.05, 0) is 96.4 Å². The monoisotopic (exact) mass is 517 g/mol. The van der Waals surface area contributed by atoms with Gasteiger partial charge in [0, 0.05) is 11.6 Å². The number of carbonyl (C=O) groups excluding carboxylic acids is 3. The predicted octanol–water partition coefficient (Wildman–Crippen LogP) is 5.31. The van der Waals surface area contributed by atoms with Gasteiger partial charge >= 0.3 is 6.09 Å². The van der Waals surface area contributed by atoms with E-state index in [1.807, 2.05) is 51.3 Å². The molecule has 36 heavy (non-hydrogen) atoms. The molecule has 7 nitrogen and oxygen atoms in total. The molecule has 1 fully saturated rings. The van der Waals surface area contributed by atoms with Crippen molar-refractivity contribution in [3.8, 4) is 0 Å². The second-order valence-electron chi connectivity index (χ2n) is 11.3. The number of benzene rings is 1. The molecule has 200 valence electrons. The summed E-state index contributed by atoms with van der Waals surface area (Å²) in [7, 11) is 0. The highest BCUT2D eigenvalue weighted by Gasteiger charge is 2.42. The van der Waals surface area contributed by atoms with Gasteiger partial charge in [0.1, 0.15) is 17.7 Å². The molecule has 0 bridgehead atoms. The lowest BCUT2D eigenvalue weighted by Crippen LogP contribution is -2.58. The number of thioether (sulfide) groups is 1. The molecule has 2 N–H and O–H groups in total. The summed E-state index contributed by atoms with van der Waals surface area (Å²) in [6, 6.07) is 5.83. The highest BCUT2D eigenvalue weighted by atomic mass is 32.2. The van der Waals surface area contributed by atoms with Crippen LogP contribution in [-0.4, -0.2) is 58.0 Å². The molecule has 0 radical (unpaired) electrons. The van der Waals surface area contributed by atoms with Gasteiger partial charge in [0.15, 0.2) is 0 Å². The minimum absolute atomic E-state index is 0.0854. The number of nitrogens with zero attached hydrogens (tertiary/aromatic N) is 1. The van der Waals surface area contributed by atoms with Crippen molar-refractivity contribution in [3.05, 3.63) is 42.0 Å². The molecule has 2 rings (SSSR count). The van der Waals surface area contributed by atoms with Gasteiger partial charge in [-0.3, -0.25) is 9.59 Å². The Kier molecular flexibility index (Phi) is 10.5. The number of hydrogen-bond donors (Lipinski definition) is 2. The predicted molar refractivity (Wildman–Crippen MR) is 148 cm³/mol. The van der Waals surface area contributed by atoms with E-state index in [1.54, 1.807) is 43.5 Å². The van der Waals surface area contributed by atoms with Gasteiger partial charge in [-0.15, -0.1) is 0 Å². The summed E-state index contributed by atoms with van der Waals surface area (Å²) in [5.74, 6) is 0.165. The van der Waals surface area contributed by atoms with Crippen molar-refractivity contribution >= 4 is 35.7 Å². The zero-order valence-corrected chi connectivity index (χ0v) is 23.7. The van der Waals surface area contributed by atoms with Crippen LogP contribution in [0.25, 0.3) is 6.08 Å². The molecule has 8 heteroatoms. The molecular formula is C28H43N3O4S. The molecule has 0 saturated heterocycles. The smallest absolute Gasteiger partial charge is 0.408 e. The van der Waals surface area contributed by atoms with E-state index in [9.17, 15) is 14.4 Å². The second-order valence-corrected chi connectivity index (χ2v) is 12.3. The molecule has 1 aliphatic carbocycles. The molecule has 1 aliphatic rings. The van der Waals surface area contributed by atoms with E-state index < -0.39 is 29.3 Å². The van der Waals surface area contributed by atoms with E-state index in [0.29, 0.717) is 12.2 Å². The van der Waals surface area contributed by atoms with Crippen molar-refractivity contribution in [1.29, 1.82) is 0 Å². The Balaban J connectivity index is 2.52. The average Bonchev–Trinajstić information content (AvgIpc) is 2.72. The van der Waals surface area contributed by atoms with Crippen LogP contribution in [0.2, 0.25) is 0 Å². The van der Waals surface area contributed by atoms with Gasteiger partial charge in [0.05, 0.1) is 0 Å². The number of ether oxygens (including phenoxy) is 1. The number of nitrogens with one attached hydrogen (secondary N) is 2. The maximum Gasteiger partial charge on any atom is 0.408 e. The lowest BCUT2D eigenvalue weighted by Gasteiger charge is -2.44. The number of hydrogen-bond acceptors (Lipinski definition) is 5. The van der Waals surface area contributed by atoms with Crippen molar-refractivity contribution in [2.75, 3.05) is 12.0 Å². The summed E-state index contributed by atoms with van der Waals surface area (Å²) in [6.45, 7) is 15.0. The molecule has 0 aliphatic heterocycles. The molecule has 1 aromatic rings. The average molecular weight is 518 g/mol. The van der Waals surface area contributed by atoms with E-state index in [0.717, 1.165) is 30.4 Å². The number of carbonyl (C=O) groups is 3. The standard InChI is InChI=1S/C28H43N3O4S/c1-9-19-12-10-13-20(18-19)23(24(32)30-27(2,3)4)31(21-14-11-15-21)25(33)22(16-17-36-8)29-26(34)35-28(5,6)7/h9-10,12-13,18,21-23H,1,11,14-17H2,2-8H3,(H,29,34)(H,30,32). The van der Waals surface area contributed by atoms with Crippen LogP contribution in [0.3, 0.4) is 0 Å². The molecule has 0 aromatic heterocycles. The minimum atomic E-state index is -0.834. The molecule has 3 amide bonds. The van der Waals surface area contributed by atoms with Crippen LogP contribution in [0.5, 0.6) is 0 Å². The number of amides is 3. The molecule has 2 atom stereocenters. The van der Waals surface area contributed by atoms with Crippen molar-refractivity contribution in [2.45, 2.75) is 96.5 Å². The number of alkyl carbamates (subject to hydrolysis) is 1. The third-order valence-electron chi connectivity index (χ3n) is 5.81. The van der Waals surface area contributed by atoms with Crippen molar-refractivity contribution in [3.63, 3.8) is 0 Å². The van der Waals surface area contributed by atoms with Gasteiger partial charge < -0.3 is 20.3 Å². The quantitative estimate of drug-likeness (QED) is 0.439. The van der Waals surface area contributed by atoms with Gasteiger partial charge in [0.2, 0.25) is 11.8 Å². The minimum Gasteiger partial charge on any atom is -0.444 e. The Morgan fingerprint density at radius 3 is 2.36 bits per heavy atom. The maximum absolute atomic E-state index is 14.2.